The molecule has 0 bridgehead atoms. The molecule has 0 fully saturated rings. The van der Waals surface area contributed by atoms with Gasteiger partial charge in [-0.15, -0.1) is 0 Å². The molecule has 0 radical (unpaired) electrons. The third kappa shape index (κ3) is 3.43. The second-order valence-electron chi connectivity index (χ2n) is 5.98. The van der Waals surface area contributed by atoms with Crippen molar-refractivity contribution in [1.82, 2.24) is 29.5 Å². The lowest BCUT2D eigenvalue weighted by Crippen LogP contribution is -2.31. The first kappa shape index (κ1) is 17.9. The van der Waals surface area contributed by atoms with Crippen molar-refractivity contribution in [2.24, 2.45) is 5.41 Å². The quantitative estimate of drug-likeness (QED) is 0.249. The summed E-state index contributed by atoms with van der Waals surface area (Å²) in [5, 5.41) is 0.252. The van der Waals surface area contributed by atoms with Crippen LogP contribution in [0.3, 0.4) is 0 Å². The molecule has 0 unspecified atom stereocenters. The molecule has 0 N–H and O–H groups in total. The SMILES string of the molecule is COC(=O)C(C)(C)Cn1c(-c2cncnc2)nc2c(Cl)nc(I)nc21. The summed E-state index contributed by atoms with van der Waals surface area (Å²) in [6.07, 6.45) is 4.72. The number of ether oxygens (including phenoxy) is 1. The van der Waals surface area contributed by atoms with Crippen molar-refractivity contribution < 1.29 is 9.53 Å². The number of esters is 1. The monoisotopic (exact) mass is 472 g/mol. The molecular weight excluding hydrogens is 459 g/mol. The summed E-state index contributed by atoms with van der Waals surface area (Å²) in [6, 6.07) is 0. The molecule has 0 amide bonds. The van der Waals surface area contributed by atoms with Crippen LogP contribution in [0.5, 0.6) is 0 Å². The van der Waals surface area contributed by atoms with E-state index in [-0.39, 0.29) is 11.1 Å². The van der Waals surface area contributed by atoms with Gasteiger partial charge in [0.2, 0.25) is 0 Å². The lowest BCUT2D eigenvalue weighted by atomic mass is 9.93. The van der Waals surface area contributed by atoms with Crippen LogP contribution in [0.2, 0.25) is 5.15 Å². The molecule has 25 heavy (non-hydrogen) atoms. The number of imidazole rings is 1. The van der Waals surface area contributed by atoms with Gasteiger partial charge < -0.3 is 9.30 Å². The lowest BCUT2D eigenvalue weighted by molar-refractivity contribution is -0.151. The van der Waals surface area contributed by atoms with Gasteiger partial charge in [0.1, 0.15) is 17.7 Å². The lowest BCUT2D eigenvalue weighted by Gasteiger charge is -2.23. The average molecular weight is 473 g/mol. The van der Waals surface area contributed by atoms with E-state index >= 15 is 0 Å². The number of hydrogen-bond acceptors (Lipinski definition) is 7. The van der Waals surface area contributed by atoms with Crippen molar-refractivity contribution in [2.75, 3.05) is 7.11 Å². The first-order valence-corrected chi connectivity index (χ1v) is 8.72. The highest BCUT2D eigenvalue weighted by atomic mass is 127. The normalized spacial score (nSPS) is 11.7. The smallest absolute Gasteiger partial charge is 0.313 e. The summed E-state index contributed by atoms with van der Waals surface area (Å²) in [6.45, 7) is 3.89. The zero-order chi connectivity index (χ0) is 18.2. The summed E-state index contributed by atoms with van der Waals surface area (Å²) in [7, 11) is 1.37. The predicted molar refractivity (Wildman–Crippen MR) is 99.9 cm³/mol. The van der Waals surface area contributed by atoms with Crippen molar-refractivity contribution in [3.05, 3.63) is 27.7 Å². The number of aromatic nitrogens is 6. The topological polar surface area (TPSA) is 95.7 Å². The molecule has 0 atom stereocenters. The van der Waals surface area contributed by atoms with E-state index in [0.29, 0.717) is 32.9 Å². The molecule has 0 aliphatic rings. The van der Waals surface area contributed by atoms with Crippen molar-refractivity contribution >= 4 is 51.3 Å². The molecule has 130 valence electrons. The zero-order valence-electron chi connectivity index (χ0n) is 13.7. The minimum absolute atomic E-state index is 0.252. The second-order valence-corrected chi connectivity index (χ2v) is 7.30. The summed E-state index contributed by atoms with van der Waals surface area (Å²) in [5.41, 5.74) is 0.893. The summed E-state index contributed by atoms with van der Waals surface area (Å²) >= 11 is 8.23. The first-order valence-electron chi connectivity index (χ1n) is 7.26. The summed E-state index contributed by atoms with van der Waals surface area (Å²) < 4.78 is 7.22. The van der Waals surface area contributed by atoms with Gasteiger partial charge in [-0.3, -0.25) is 4.79 Å². The molecule has 0 spiro atoms. The summed E-state index contributed by atoms with van der Waals surface area (Å²) in [4.78, 5) is 33.4. The van der Waals surface area contributed by atoms with Gasteiger partial charge in [-0.2, -0.15) is 0 Å². The van der Waals surface area contributed by atoms with Crippen molar-refractivity contribution in [1.29, 1.82) is 0 Å². The van der Waals surface area contributed by atoms with Gasteiger partial charge in [0, 0.05) is 41.5 Å². The maximum Gasteiger partial charge on any atom is 0.313 e. The molecule has 8 nitrogen and oxygen atoms in total. The Morgan fingerprint density at radius 2 is 1.96 bits per heavy atom. The van der Waals surface area contributed by atoms with Gasteiger partial charge in [0.25, 0.3) is 0 Å². The van der Waals surface area contributed by atoms with E-state index < -0.39 is 5.41 Å². The molecule has 0 aliphatic heterocycles. The van der Waals surface area contributed by atoms with Crippen LogP contribution in [0.25, 0.3) is 22.6 Å². The predicted octanol–water partition coefficient (Wildman–Crippen LogP) is 2.74. The third-order valence-corrected chi connectivity index (χ3v) is 4.38. The maximum absolute atomic E-state index is 12.1. The number of carbonyl (C=O) groups excluding carboxylic acids is 1. The fraction of sp³-hybridized carbons (Fsp3) is 0.333. The molecule has 3 aromatic heterocycles. The maximum atomic E-state index is 12.1. The number of nitrogens with zero attached hydrogens (tertiary/aromatic N) is 6. The van der Waals surface area contributed by atoms with Crippen LogP contribution in [0.1, 0.15) is 13.8 Å². The van der Waals surface area contributed by atoms with E-state index in [2.05, 4.69) is 24.9 Å². The van der Waals surface area contributed by atoms with Gasteiger partial charge >= 0.3 is 5.97 Å². The highest BCUT2D eigenvalue weighted by Gasteiger charge is 2.32. The molecule has 10 heteroatoms. The fourth-order valence-electron chi connectivity index (χ4n) is 2.46. The Balaban J connectivity index is 2.25. The third-order valence-electron chi connectivity index (χ3n) is 3.63. The van der Waals surface area contributed by atoms with Crippen LogP contribution >= 0.6 is 34.2 Å². The Morgan fingerprint density at radius 1 is 1.28 bits per heavy atom. The molecule has 0 aromatic carbocycles. The highest BCUT2D eigenvalue weighted by molar-refractivity contribution is 14.1. The van der Waals surface area contributed by atoms with Gasteiger partial charge in [-0.25, -0.2) is 24.9 Å². The van der Waals surface area contributed by atoms with Crippen LogP contribution in [-0.4, -0.2) is 42.6 Å². The Kier molecular flexibility index (Phi) is 4.87. The number of methoxy groups -OCH3 is 1. The second kappa shape index (κ2) is 6.79. The van der Waals surface area contributed by atoms with E-state index in [1.807, 2.05) is 27.2 Å². The van der Waals surface area contributed by atoms with Gasteiger partial charge in [0.05, 0.1) is 18.1 Å². The molecular formula is C15H14ClIN6O2. The van der Waals surface area contributed by atoms with Gasteiger partial charge in [-0.1, -0.05) is 11.6 Å². The Morgan fingerprint density at radius 3 is 2.60 bits per heavy atom. The molecule has 0 saturated carbocycles. The van der Waals surface area contributed by atoms with Crippen LogP contribution in [0, 0.1) is 9.25 Å². The van der Waals surface area contributed by atoms with Crippen molar-refractivity contribution in [3.8, 4) is 11.4 Å². The van der Waals surface area contributed by atoms with E-state index in [4.69, 9.17) is 16.3 Å². The molecule has 0 aliphatic carbocycles. The zero-order valence-corrected chi connectivity index (χ0v) is 16.6. The van der Waals surface area contributed by atoms with E-state index in [1.165, 1.54) is 13.4 Å². The number of hydrogen-bond donors (Lipinski definition) is 0. The highest BCUT2D eigenvalue weighted by Crippen LogP contribution is 2.31. The van der Waals surface area contributed by atoms with Crippen LogP contribution < -0.4 is 0 Å². The van der Waals surface area contributed by atoms with Crippen LogP contribution in [0.15, 0.2) is 18.7 Å². The van der Waals surface area contributed by atoms with E-state index in [0.717, 1.165) is 0 Å². The largest absolute Gasteiger partial charge is 0.469 e. The number of halogens is 2. The minimum atomic E-state index is -0.796. The molecule has 3 aromatic rings. The Bertz CT molecular complexity index is 944. The van der Waals surface area contributed by atoms with Crippen LogP contribution in [0.4, 0.5) is 0 Å². The first-order chi connectivity index (χ1) is 11.8. The standard InChI is InChI=1S/C15H14ClIN6O2/c1-15(2,13(24)25-3)6-23-11(8-4-18-7-19-5-8)20-9-10(16)21-14(17)22-12(9)23/h4-5,7H,6H2,1-3H3. The van der Waals surface area contributed by atoms with E-state index in [1.54, 1.807) is 26.2 Å². The van der Waals surface area contributed by atoms with E-state index in [9.17, 15) is 4.79 Å². The molecule has 3 heterocycles. The Hall–Kier alpha value is -1.88. The minimum Gasteiger partial charge on any atom is -0.469 e. The van der Waals surface area contributed by atoms with Crippen LogP contribution in [-0.2, 0) is 16.1 Å². The van der Waals surface area contributed by atoms with Crippen molar-refractivity contribution in [2.45, 2.75) is 20.4 Å². The van der Waals surface area contributed by atoms with Gasteiger partial charge in [0.15, 0.2) is 14.6 Å². The average Bonchev–Trinajstić information content (AvgIpc) is 2.93. The Labute approximate surface area is 162 Å². The molecule has 3 rings (SSSR count). The fourth-order valence-corrected chi connectivity index (χ4v) is 3.28. The number of rotatable bonds is 4. The number of carbonyl (C=O) groups is 1. The van der Waals surface area contributed by atoms with Crippen molar-refractivity contribution in [3.63, 3.8) is 0 Å². The molecule has 0 saturated heterocycles. The number of fused-ring (bicyclic) bond motifs is 1. The summed E-state index contributed by atoms with van der Waals surface area (Å²) in [5.74, 6) is 0.227. The van der Waals surface area contributed by atoms with Gasteiger partial charge in [-0.05, 0) is 13.8 Å².